The van der Waals surface area contributed by atoms with Gasteiger partial charge >= 0.3 is 0 Å². The topological polar surface area (TPSA) is 58.5 Å². The van der Waals surface area contributed by atoms with Gasteiger partial charge in [-0.25, -0.2) is 9.38 Å². The van der Waals surface area contributed by atoms with Gasteiger partial charge in [0, 0.05) is 11.3 Å². The van der Waals surface area contributed by atoms with Gasteiger partial charge < -0.3 is 5.32 Å². The molecule has 4 nitrogen and oxygen atoms in total. The first-order valence-corrected chi connectivity index (χ1v) is 4.77. The summed E-state index contributed by atoms with van der Waals surface area (Å²) in [6.45, 7) is 0.0115. The lowest BCUT2D eigenvalue weighted by molar-refractivity contribution is -0.112. The quantitative estimate of drug-likeness (QED) is 0.671. The zero-order chi connectivity index (χ0) is 12.4. The summed E-state index contributed by atoms with van der Waals surface area (Å²) < 4.78 is 13.6. The van der Waals surface area contributed by atoms with Crippen molar-refractivity contribution < 1.29 is 14.0 Å². The van der Waals surface area contributed by atoms with Gasteiger partial charge in [-0.3, -0.25) is 9.59 Å². The lowest BCUT2D eigenvalue weighted by atomic mass is 10.1. The molecule has 0 saturated carbocycles. The molecule has 0 atom stereocenters. The Labute approximate surface area is 95.9 Å². The molecule has 2 rings (SSSR count). The smallest absolute Gasteiger partial charge is 0.270 e. The monoisotopic (exact) mass is 230 g/mol. The fourth-order valence-electron chi connectivity index (χ4n) is 1.47. The number of nitrogens with zero attached hydrogens (tertiary/aromatic N) is 1. The van der Waals surface area contributed by atoms with Crippen LogP contribution in [0.3, 0.4) is 0 Å². The van der Waals surface area contributed by atoms with Crippen LogP contribution in [0.2, 0.25) is 0 Å². The van der Waals surface area contributed by atoms with E-state index in [1.54, 1.807) is 0 Å². The van der Waals surface area contributed by atoms with Crippen molar-refractivity contribution >= 4 is 17.9 Å². The van der Waals surface area contributed by atoms with Crippen LogP contribution in [0.5, 0.6) is 0 Å². The summed E-state index contributed by atoms with van der Waals surface area (Å²) >= 11 is 0. The van der Waals surface area contributed by atoms with Gasteiger partial charge in [0.2, 0.25) is 0 Å². The van der Waals surface area contributed by atoms with E-state index < -0.39 is 17.6 Å². The van der Waals surface area contributed by atoms with Crippen molar-refractivity contribution in [2.45, 2.75) is 0 Å². The van der Waals surface area contributed by atoms with E-state index >= 15 is 0 Å². The second-order valence-electron chi connectivity index (χ2n) is 3.37. The number of carbonyl (C=O) groups is 2. The first kappa shape index (κ1) is 11.0. The standard InChI is InChI=1S/C12H7FN2O2/c1-2-3-14-12(17)8-6-10-7(4-9(8)13)5-11(16)15-10/h1,4-6H,3H2,(H,14,17). The van der Waals surface area contributed by atoms with Gasteiger partial charge in [0.1, 0.15) is 5.82 Å². The highest BCUT2D eigenvalue weighted by molar-refractivity contribution is 6.06. The minimum absolute atomic E-state index is 0.0115. The zero-order valence-electron chi connectivity index (χ0n) is 8.66. The highest BCUT2D eigenvalue weighted by Gasteiger charge is 2.14. The summed E-state index contributed by atoms with van der Waals surface area (Å²) in [5.74, 6) is 0.415. The molecule has 0 bridgehead atoms. The van der Waals surface area contributed by atoms with Crippen molar-refractivity contribution in [3.05, 3.63) is 34.1 Å². The summed E-state index contributed by atoms with van der Waals surface area (Å²) in [4.78, 5) is 26.2. The van der Waals surface area contributed by atoms with Crippen molar-refractivity contribution in [3.63, 3.8) is 0 Å². The fourth-order valence-corrected chi connectivity index (χ4v) is 1.47. The molecule has 1 N–H and O–H groups in total. The molecule has 0 aliphatic carbocycles. The minimum atomic E-state index is -0.709. The second kappa shape index (κ2) is 4.18. The number of rotatable bonds is 2. The highest BCUT2D eigenvalue weighted by Crippen LogP contribution is 2.02. The van der Waals surface area contributed by atoms with Gasteiger partial charge in [0.25, 0.3) is 11.8 Å². The predicted molar refractivity (Wildman–Crippen MR) is 57.8 cm³/mol. The second-order valence-corrected chi connectivity index (χ2v) is 3.37. The van der Waals surface area contributed by atoms with Gasteiger partial charge in [-0.1, -0.05) is 5.92 Å². The molecular formula is C12H7FN2O2. The average molecular weight is 230 g/mol. The predicted octanol–water partition coefficient (Wildman–Crippen LogP) is -0.871. The Morgan fingerprint density at radius 3 is 3.00 bits per heavy atom. The summed E-state index contributed by atoms with van der Waals surface area (Å²) in [5.41, 5.74) is -0.175. The molecule has 1 aromatic rings. The summed E-state index contributed by atoms with van der Waals surface area (Å²) in [6, 6.07) is 2.34. The fraction of sp³-hybridized carbons (Fsp3) is 0.0833. The van der Waals surface area contributed by atoms with Crippen molar-refractivity contribution in [1.29, 1.82) is 0 Å². The first-order valence-electron chi connectivity index (χ1n) is 4.77. The van der Waals surface area contributed by atoms with E-state index in [1.807, 2.05) is 0 Å². The third kappa shape index (κ3) is 2.06. The molecule has 0 fully saturated rings. The maximum absolute atomic E-state index is 13.6. The Morgan fingerprint density at radius 2 is 2.29 bits per heavy atom. The van der Waals surface area contributed by atoms with Crippen LogP contribution in [0.15, 0.2) is 17.1 Å². The average Bonchev–Trinajstić information content (AvgIpc) is 2.64. The Bertz CT molecular complexity index is 671. The van der Waals surface area contributed by atoms with Crippen molar-refractivity contribution in [2.24, 2.45) is 4.99 Å². The van der Waals surface area contributed by atoms with Gasteiger partial charge in [0.15, 0.2) is 0 Å². The molecule has 0 radical (unpaired) electrons. The van der Waals surface area contributed by atoms with Gasteiger partial charge in [-0.2, -0.15) is 0 Å². The molecule has 84 valence electrons. The molecular weight excluding hydrogens is 223 g/mol. The summed E-state index contributed by atoms with van der Waals surface area (Å²) in [7, 11) is 0. The molecule has 5 heteroatoms. The van der Waals surface area contributed by atoms with Crippen LogP contribution in [0.4, 0.5) is 4.39 Å². The van der Waals surface area contributed by atoms with E-state index in [0.717, 1.165) is 6.07 Å². The molecule has 2 amide bonds. The number of amides is 2. The molecule has 0 aromatic heterocycles. The van der Waals surface area contributed by atoms with Crippen molar-refractivity contribution in [1.82, 2.24) is 5.32 Å². The Balaban J connectivity index is 2.46. The lowest BCUT2D eigenvalue weighted by Gasteiger charge is -2.02. The van der Waals surface area contributed by atoms with Crippen LogP contribution in [-0.2, 0) is 4.79 Å². The summed E-state index contributed by atoms with van der Waals surface area (Å²) in [6.07, 6.45) is 6.18. The molecule has 0 saturated heterocycles. The Kier molecular flexibility index (Phi) is 2.71. The van der Waals surface area contributed by atoms with Crippen LogP contribution < -0.4 is 15.9 Å². The van der Waals surface area contributed by atoms with E-state index in [0.29, 0.717) is 10.6 Å². The van der Waals surface area contributed by atoms with Crippen LogP contribution in [-0.4, -0.2) is 18.4 Å². The molecule has 1 aliphatic heterocycles. The number of halogens is 1. The van der Waals surface area contributed by atoms with Crippen molar-refractivity contribution in [2.75, 3.05) is 6.54 Å². The van der Waals surface area contributed by atoms with E-state index in [4.69, 9.17) is 6.42 Å². The van der Waals surface area contributed by atoms with Gasteiger partial charge in [0.05, 0.1) is 17.5 Å². The number of carbonyl (C=O) groups excluding carboxylic acids is 2. The number of fused-ring (bicyclic) bond motifs is 1. The zero-order valence-corrected chi connectivity index (χ0v) is 8.66. The highest BCUT2D eigenvalue weighted by atomic mass is 19.1. The molecule has 17 heavy (non-hydrogen) atoms. The maximum Gasteiger partial charge on any atom is 0.270 e. The van der Waals surface area contributed by atoms with Crippen LogP contribution in [0, 0.1) is 18.2 Å². The number of hydrogen-bond acceptors (Lipinski definition) is 2. The molecule has 0 spiro atoms. The molecule has 1 heterocycles. The van der Waals surface area contributed by atoms with Crippen LogP contribution >= 0.6 is 0 Å². The minimum Gasteiger partial charge on any atom is -0.341 e. The van der Waals surface area contributed by atoms with E-state index in [1.165, 1.54) is 12.1 Å². The number of nitrogens with one attached hydrogen (secondary N) is 1. The lowest BCUT2D eigenvalue weighted by Crippen LogP contribution is -2.30. The van der Waals surface area contributed by atoms with Gasteiger partial charge in [-0.15, -0.1) is 6.42 Å². The van der Waals surface area contributed by atoms with Gasteiger partial charge in [-0.05, 0) is 12.1 Å². The Morgan fingerprint density at radius 1 is 1.53 bits per heavy atom. The maximum atomic E-state index is 13.6. The van der Waals surface area contributed by atoms with Crippen LogP contribution in [0.1, 0.15) is 10.4 Å². The third-order valence-corrected chi connectivity index (χ3v) is 2.22. The number of hydrogen-bond donors (Lipinski definition) is 1. The molecule has 0 unspecified atom stereocenters. The largest absolute Gasteiger partial charge is 0.341 e. The SMILES string of the molecule is C#CCNC(=O)c1cc2c(cc1F)=CC(=O)N=2. The summed E-state index contributed by atoms with van der Waals surface area (Å²) in [5, 5.41) is 3.01. The third-order valence-electron chi connectivity index (χ3n) is 2.22. The van der Waals surface area contributed by atoms with Crippen molar-refractivity contribution in [3.8, 4) is 12.3 Å². The van der Waals surface area contributed by atoms with Crippen LogP contribution in [0.25, 0.3) is 6.08 Å². The number of benzene rings is 1. The number of terminal acetylenes is 1. The van der Waals surface area contributed by atoms with E-state index in [9.17, 15) is 14.0 Å². The normalized spacial score (nSPS) is 12.1. The molecule has 1 aliphatic rings. The van der Waals surface area contributed by atoms with E-state index in [2.05, 4.69) is 16.2 Å². The molecule has 1 aromatic carbocycles. The first-order chi connectivity index (χ1) is 8.11. The Hall–Kier alpha value is -2.48. The van der Waals surface area contributed by atoms with E-state index in [-0.39, 0.29) is 12.1 Å².